The summed E-state index contributed by atoms with van der Waals surface area (Å²) < 4.78 is 0. The number of hydrogen-bond acceptors (Lipinski definition) is 6. The highest BCUT2D eigenvalue weighted by Gasteiger charge is 2.39. The Hall–Kier alpha value is -2.48. The lowest BCUT2D eigenvalue weighted by Crippen LogP contribution is -2.52. The van der Waals surface area contributed by atoms with Crippen LogP contribution in [-0.4, -0.2) is 59.8 Å². The average molecular weight is 329 g/mol. The fraction of sp³-hybridized carbons (Fsp3) is 0.500. The SMILES string of the molecule is O=C1CCC(N2Cc3cc(N4CCNCC4)ncc3C2=O)C(=O)N1. The Kier molecular flexibility index (Phi) is 3.68. The molecule has 0 spiro atoms. The molecule has 0 aromatic carbocycles. The van der Waals surface area contributed by atoms with E-state index in [0.717, 1.165) is 37.6 Å². The van der Waals surface area contributed by atoms with Crippen LogP contribution in [0.3, 0.4) is 0 Å². The quantitative estimate of drug-likeness (QED) is 0.694. The Morgan fingerprint density at radius 2 is 1.96 bits per heavy atom. The van der Waals surface area contributed by atoms with Crippen LogP contribution < -0.4 is 15.5 Å². The number of carbonyl (C=O) groups excluding carboxylic acids is 3. The molecule has 3 aliphatic heterocycles. The number of carbonyl (C=O) groups is 3. The third-order valence-electron chi connectivity index (χ3n) is 4.83. The maximum atomic E-state index is 12.6. The fourth-order valence-electron chi connectivity index (χ4n) is 3.52. The predicted molar refractivity (Wildman–Crippen MR) is 85.4 cm³/mol. The summed E-state index contributed by atoms with van der Waals surface area (Å²) in [6.07, 6.45) is 2.25. The van der Waals surface area contributed by atoms with Gasteiger partial charge in [-0.15, -0.1) is 0 Å². The molecule has 1 unspecified atom stereocenters. The number of aromatic nitrogens is 1. The monoisotopic (exact) mass is 329 g/mol. The zero-order valence-corrected chi connectivity index (χ0v) is 13.2. The van der Waals surface area contributed by atoms with Gasteiger partial charge in [-0.1, -0.05) is 0 Å². The predicted octanol–water partition coefficient (Wildman–Crippen LogP) is -0.748. The second-order valence-electron chi connectivity index (χ2n) is 6.34. The second-order valence-corrected chi connectivity index (χ2v) is 6.34. The van der Waals surface area contributed by atoms with E-state index in [-0.39, 0.29) is 24.1 Å². The molecule has 0 aliphatic carbocycles. The van der Waals surface area contributed by atoms with Crippen molar-refractivity contribution in [2.75, 3.05) is 31.1 Å². The molecule has 8 nitrogen and oxygen atoms in total. The molecular formula is C16H19N5O3. The summed E-state index contributed by atoms with van der Waals surface area (Å²) in [7, 11) is 0. The van der Waals surface area contributed by atoms with E-state index in [9.17, 15) is 14.4 Å². The third kappa shape index (κ3) is 2.52. The summed E-state index contributed by atoms with van der Waals surface area (Å²) >= 11 is 0. The number of rotatable bonds is 2. The van der Waals surface area contributed by atoms with Crippen molar-refractivity contribution in [2.24, 2.45) is 0 Å². The van der Waals surface area contributed by atoms with Gasteiger partial charge in [0.25, 0.3) is 5.91 Å². The van der Waals surface area contributed by atoms with Crippen molar-refractivity contribution in [3.05, 3.63) is 23.4 Å². The number of hydrogen-bond donors (Lipinski definition) is 2. The minimum Gasteiger partial charge on any atom is -0.354 e. The molecule has 126 valence electrons. The van der Waals surface area contributed by atoms with Gasteiger partial charge in [-0.2, -0.15) is 0 Å². The maximum Gasteiger partial charge on any atom is 0.256 e. The first-order valence-electron chi connectivity index (χ1n) is 8.23. The molecular weight excluding hydrogens is 310 g/mol. The Morgan fingerprint density at radius 3 is 2.71 bits per heavy atom. The van der Waals surface area contributed by atoms with Crippen molar-refractivity contribution in [3.8, 4) is 0 Å². The number of amides is 3. The molecule has 1 aromatic heterocycles. The smallest absolute Gasteiger partial charge is 0.256 e. The van der Waals surface area contributed by atoms with Crippen molar-refractivity contribution < 1.29 is 14.4 Å². The van der Waals surface area contributed by atoms with Crippen LogP contribution in [0.25, 0.3) is 0 Å². The lowest BCUT2D eigenvalue weighted by atomic mass is 10.0. The highest BCUT2D eigenvalue weighted by atomic mass is 16.2. The standard InChI is InChI=1S/C16H19N5O3/c22-14-2-1-12(15(23)19-14)21-9-10-7-13(18-8-11(10)16(21)24)20-5-3-17-4-6-20/h7-8,12,17H,1-6,9H2,(H,19,22,23). The summed E-state index contributed by atoms with van der Waals surface area (Å²) in [5.41, 5.74) is 1.45. The molecule has 8 heteroatoms. The summed E-state index contributed by atoms with van der Waals surface area (Å²) in [6, 6.07) is 1.37. The summed E-state index contributed by atoms with van der Waals surface area (Å²) in [5.74, 6) is 0.0257. The van der Waals surface area contributed by atoms with Crippen LogP contribution in [-0.2, 0) is 16.1 Å². The Morgan fingerprint density at radius 1 is 1.17 bits per heavy atom. The van der Waals surface area contributed by atoms with Gasteiger partial charge in [-0.25, -0.2) is 4.98 Å². The molecule has 2 saturated heterocycles. The number of imide groups is 1. The van der Waals surface area contributed by atoms with Crippen LogP contribution in [0.2, 0.25) is 0 Å². The topological polar surface area (TPSA) is 94.6 Å². The lowest BCUT2D eigenvalue weighted by Gasteiger charge is -2.29. The number of nitrogens with zero attached hydrogens (tertiary/aromatic N) is 3. The first-order valence-corrected chi connectivity index (χ1v) is 8.23. The molecule has 0 radical (unpaired) electrons. The third-order valence-corrected chi connectivity index (χ3v) is 4.83. The number of nitrogens with one attached hydrogen (secondary N) is 2. The van der Waals surface area contributed by atoms with E-state index in [0.29, 0.717) is 18.5 Å². The van der Waals surface area contributed by atoms with E-state index in [1.54, 1.807) is 11.1 Å². The number of fused-ring (bicyclic) bond motifs is 1. The van der Waals surface area contributed by atoms with Gasteiger partial charge in [0.2, 0.25) is 11.8 Å². The summed E-state index contributed by atoms with van der Waals surface area (Å²) in [5, 5.41) is 5.61. The van der Waals surface area contributed by atoms with Crippen LogP contribution in [0.15, 0.2) is 12.3 Å². The van der Waals surface area contributed by atoms with Crippen LogP contribution in [0.4, 0.5) is 5.82 Å². The van der Waals surface area contributed by atoms with Gasteiger partial charge in [-0.05, 0) is 18.1 Å². The van der Waals surface area contributed by atoms with E-state index >= 15 is 0 Å². The first kappa shape index (κ1) is 15.1. The molecule has 3 amide bonds. The molecule has 2 fully saturated rings. The summed E-state index contributed by atoms with van der Waals surface area (Å²) in [6.45, 7) is 4.00. The zero-order valence-electron chi connectivity index (χ0n) is 13.2. The Balaban J connectivity index is 1.55. The van der Waals surface area contributed by atoms with Gasteiger partial charge in [0.15, 0.2) is 0 Å². The summed E-state index contributed by atoms with van der Waals surface area (Å²) in [4.78, 5) is 44.1. The fourth-order valence-corrected chi connectivity index (χ4v) is 3.52. The lowest BCUT2D eigenvalue weighted by molar-refractivity contribution is -0.136. The maximum absolute atomic E-state index is 12.6. The van der Waals surface area contributed by atoms with Crippen molar-refractivity contribution in [2.45, 2.75) is 25.4 Å². The van der Waals surface area contributed by atoms with E-state index in [2.05, 4.69) is 20.5 Å². The first-order chi connectivity index (χ1) is 11.6. The molecule has 4 rings (SSSR count). The van der Waals surface area contributed by atoms with Crippen molar-refractivity contribution in [1.29, 1.82) is 0 Å². The van der Waals surface area contributed by atoms with Gasteiger partial charge in [0.1, 0.15) is 11.9 Å². The highest BCUT2D eigenvalue weighted by Crippen LogP contribution is 2.29. The normalized spacial score (nSPS) is 24.2. The average Bonchev–Trinajstić information content (AvgIpc) is 2.92. The molecule has 0 bridgehead atoms. The molecule has 1 aromatic rings. The van der Waals surface area contributed by atoms with Crippen LogP contribution in [0, 0.1) is 0 Å². The Bertz CT molecular complexity index is 714. The molecule has 24 heavy (non-hydrogen) atoms. The number of piperazine rings is 1. The van der Waals surface area contributed by atoms with Gasteiger partial charge in [0.05, 0.1) is 5.56 Å². The molecule has 0 saturated carbocycles. The minimum absolute atomic E-state index is 0.182. The Labute approximate surface area is 139 Å². The van der Waals surface area contributed by atoms with E-state index in [4.69, 9.17) is 0 Å². The van der Waals surface area contributed by atoms with Gasteiger partial charge >= 0.3 is 0 Å². The van der Waals surface area contributed by atoms with Crippen molar-refractivity contribution in [1.82, 2.24) is 20.5 Å². The van der Waals surface area contributed by atoms with Crippen molar-refractivity contribution >= 4 is 23.5 Å². The van der Waals surface area contributed by atoms with Crippen LogP contribution in [0.5, 0.6) is 0 Å². The van der Waals surface area contributed by atoms with Gasteiger partial charge < -0.3 is 15.1 Å². The minimum atomic E-state index is -0.578. The van der Waals surface area contributed by atoms with Crippen LogP contribution >= 0.6 is 0 Å². The molecule has 2 N–H and O–H groups in total. The largest absolute Gasteiger partial charge is 0.354 e. The van der Waals surface area contributed by atoms with Crippen molar-refractivity contribution in [3.63, 3.8) is 0 Å². The molecule has 1 atom stereocenters. The number of anilines is 1. The highest BCUT2D eigenvalue weighted by molar-refractivity contribution is 6.05. The van der Waals surface area contributed by atoms with E-state index < -0.39 is 6.04 Å². The molecule has 4 heterocycles. The van der Waals surface area contributed by atoms with E-state index in [1.807, 2.05) is 6.07 Å². The number of piperidine rings is 1. The van der Waals surface area contributed by atoms with Gasteiger partial charge in [0, 0.05) is 45.3 Å². The van der Waals surface area contributed by atoms with Gasteiger partial charge in [-0.3, -0.25) is 19.7 Å². The van der Waals surface area contributed by atoms with E-state index in [1.165, 1.54) is 0 Å². The molecule has 3 aliphatic rings. The number of pyridine rings is 1. The zero-order chi connectivity index (χ0) is 16.7. The second kappa shape index (κ2) is 5.86. The van der Waals surface area contributed by atoms with Crippen LogP contribution in [0.1, 0.15) is 28.8 Å².